The fourth-order valence-corrected chi connectivity index (χ4v) is 4.25. The number of thioether (sulfide) groups is 1. The Morgan fingerprint density at radius 1 is 1.08 bits per heavy atom. The largest absolute Gasteiger partial charge is 0.437 e. The summed E-state index contributed by atoms with van der Waals surface area (Å²) in [7, 11) is 0. The van der Waals surface area contributed by atoms with Gasteiger partial charge in [-0.05, 0) is 42.4 Å². The van der Waals surface area contributed by atoms with Crippen LogP contribution in [0.25, 0.3) is 0 Å². The molecule has 1 fully saturated rings. The first-order valence-corrected chi connectivity index (χ1v) is 9.39. The third kappa shape index (κ3) is 2.87. The van der Waals surface area contributed by atoms with Crippen LogP contribution in [0.15, 0.2) is 65.4 Å². The van der Waals surface area contributed by atoms with Crippen LogP contribution in [0, 0.1) is 0 Å². The highest BCUT2D eigenvalue weighted by molar-refractivity contribution is 8.27. The minimum atomic E-state index is -0.434. The smallest absolute Gasteiger partial charge is 0.276 e. The average Bonchev–Trinajstić information content (AvgIpc) is 3.17. The third-order valence-electron chi connectivity index (χ3n) is 4.10. The summed E-state index contributed by atoms with van der Waals surface area (Å²) in [5.74, 6) is 0.862. The van der Waals surface area contributed by atoms with Gasteiger partial charge in [-0.15, -0.1) is 0 Å². The van der Waals surface area contributed by atoms with E-state index >= 15 is 0 Å². The van der Waals surface area contributed by atoms with Gasteiger partial charge in [-0.1, -0.05) is 42.5 Å². The van der Waals surface area contributed by atoms with Crippen molar-refractivity contribution in [1.29, 1.82) is 0 Å². The number of para-hydroxylation sites is 3. The summed E-state index contributed by atoms with van der Waals surface area (Å²) in [5, 5.41) is 0. The van der Waals surface area contributed by atoms with E-state index in [-0.39, 0.29) is 5.91 Å². The van der Waals surface area contributed by atoms with E-state index in [9.17, 15) is 9.18 Å². The summed E-state index contributed by atoms with van der Waals surface area (Å²) < 4.78 is 19.2. The highest BCUT2D eigenvalue weighted by Crippen LogP contribution is 2.45. The summed E-state index contributed by atoms with van der Waals surface area (Å²) in [6.07, 6.45) is 0.347. The Labute approximate surface area is 160 Å². The van der Waals surface area contributed by atoms with E-state index in [0.29, 0.717) is 33.8 Å². The molecule has 0 unspecified atom stereocenters. The Hall–Kier alpha value is -2.38. The van der Waals surface area contributed by atoms with E-state index in [1.165, 1.54) is 16.7 Å². The van der Waals surface area contributed by atoms with Gasteiger partial charge in [0, 0.05) is 6.54 Å². The zero-order chi connectivity index (χ0) is 18.1. The van der Waals surface area contributed by atoms with Crippen molar-refractivity contribution in [3.63, 3.8) is 0 Å². The first-order chi connectivity index (χ1) is 12.7. The number of carbonyl (C=O) groups is 1. The number of hydrogen-bond acceptors (Lipinski definition) is 5. The molecule has 1 amide bonds. The lowest BCUT2D eigenvalue weighted by molar-refractivity contribution is -0.113. The molecule has 2 aromatic carbocycles. The number of alkyl halides is 1. The van der Waals surface area contributed by atoms with Crippen molar-refractivity contribution in [2.45, 2.75) is 6.42 Å². The van der Waals surface area contributed by atoms with Gasteiger partial charge in [0.1, 0.15) is 4.91 Å². The van der Waals surface area contributed by atoms with Crippen LogP contribution in [0.2, 0.25) is 0 Å². The predicted octanol–water partition coefficient (Wildman–Crippen LogP) is 4.48. The van der Waals surface area contributed by atoms with Gasteiger partial charge in [0.2, 0.25) is 5.88 Å². The molecule has 0 spiro atoms. The Balaban J connectivity index is 1.74. The van der Waals surface area contributed by atoms with Crippen molar-refractivity contribution in [3.05, 3.63) is 65.4 Å². The molecule has 0 N–H and O–H groups in total. The summed E-state index contributed by atoms with van der Waals surface area (Å²) in [5.41, 5.74) is 1.55. The second-order valence-corrected chi connectivity index (χ2v) is 7.39. The summed E-state index contributed by atoms with van der Waals surface area (Å²) in [4.78, 5) is 16.8. The van der Waals surface area contributed by atoms with Gasteiger partial charge < -0.3 is 9.64 Å². The maximum absolute atomic E-state index is 13.1. The molecular weight excluding hydrogens is 371 g/mol. The first-order valence-electron chi connectivity index (χ1n) is 8.16. The molecule has 4 nitrogen and oxygen atoms in total. The minimum absolute atomic E-state index is 0.223. The molecule has 7 heteroatoms. The zero-order valence-electron chi connectivity index (χ0n) is 13.7. The van der Waals surface area contributed by atoms with E-state index in [1.807, 2.05) is 59.5 Å². The fourth-order valence-electron chi connectivity index (χ4n) is 2.94. The molecule has 0 atom stereocenters. The standard InChI is InChI=1S/C19H15FN2O2S2/c20-11-6-12-21-14-9-4-5-10-15(14)24-18(21)16-17(23)22(19(25)26-16)13-7-2-1-3-8-13/h1-5,7-10H,6,11-12H2. The SMILES string of the molecule is O=C1C(=C2Oc3ccccc3N2CCCF)SC(=S)N1c1ccccc1. The third-order valence-corrected chi connectivity index (χ3v) is 5.44. The van der Waals surface area contributed by atoms with Crippen molar-refractivity contribution in [1.82, 2.24) is 0 Å². The lowest BCUT2D eigenvalue weighted by Crippen LogP contribution is -2.30. The maximum atomic E-state index is 13.1. The van der Waals surface area contributed by atoms with Crippen molar-refractivity contribution < 1.29 is 13.9 Å². The van der Waals surface area contributed by atoms with E-state index in [0.717, 1.165) is 11.4 Å². The Morgan fingerprint density at radius 2 is 1.81 bits per heavy atom. The predicted molar refractivity (Wildman–Crippen MR) is 106 cm³/mol. The van der Waals surface area contributed by atoms with Crippen LogP contribution in [-0.2, 0) is 4.79 Å². The maximum Gasteiger partial charge on any atom is 0.276 e. The quantitative estimate of drug-likeness (QED) is 0.572. The Morgan fingerprint density at radius 3 is 2.58 bits per heavy atom. The monoisotopic (exact) mass is 386 g/mol. The summed E-state index contributed by atoms with van der Waals surface area (Å²) >= 11 is 6.63. The normalized spacial score (nSPS) is 19.1. The van der Waals surface area contributed by atoms with E-state index in [4.69, 9.17) is 17.0 Å². The van der Waals surface area contributed by atoms with Crippen LogP contribution in [-0.4, -0.2) is 23.4 Å². The van der Waals surface area contributed by atoms with Gasteiger partial charge in [-0.25, -0.2) is 0 Å². The van der Waals surface area contributed by atoms with Crippen molar-refractivity contribution in [3.8, 4) is 5.75 Å². The number of carbonyl (C=O) groups excluding carboxylic acids is 1. The zero-order valence-corrected chi connectivity index (χ0v) is 15.4. The molecular formula is C19H15FN2O2S2. The van der Waals surface area contributed by atoms with Gasteiger partial charge in [0.05, 0.1) is 18.0 Å². The molecule has 2 aliphatic heterocycles. The average molecular weight is 386 g/mol. The van der Waals surface area contributed by atoms with Crippen LogP contribution in [0.3, 0.4) is 0 Å². The molecule has 26 heavy (non-hydrogen) atoms. The highest BCUT2D eigenvalue weighted by atomic mass is 32.2. The van der Waals surface area contributed by atoms with Crippen LogP contribution in [0.4, 0.5) is 15.8 Å². The number of anilines is 2. The molecule has 0 radical (unpaired) electrons. The van der Waals surface area contributed by atoms with Crippen LogP contribution in [0.1, 0.15) is 6.42 Å². The molecule has 2 aromatic rings. The summed E-state index contributed by atoms with van der Waals surface area (Å²) in [6, 6.07) is 16.8. The van der Waals surface area contributed by atoms with Gasteiger partial charge in [-0.3, -0.25) is 14.1 Å². The second kappa shape index (κ2) is 7.09. The van der Waals surface area contributed by atoms with E-state index in [1.54, 1.807) is 0 Å². The number of benzene rings is 2. The van der Waals surface area contributed by atoms with Crippen molar-refractivity contribution >= 4 is 45.6 Å². The topological polar surface area (TPSA) is 32.8 Å². The lowest BCUT2D eigenvalue weighted by atomic mass is 10.2. The van der Waals surface area contributed by atoms with Crippen molar-refractivity contribution in [2.24, 2.45) is 0 Å². The molecule has 0 aromatic heterocycles. The molecule has 0 aliphatic carbocycles. The molecule has 2 aliphatic rings. The Bertz CT molecular complexity index is 901. The van der Waals surface area contributed by atoms with E-state index in [2.05, 4.69) is 0 Å². The van der Waals surface area contributed by atoms with Crippen molar-refractivity contribution in [2.75, 3.05) is 23.0 Å². The Kier molecular flexibility index (Phi) is 4.65. The molecule has 132 valence electrons. The lowest BCUT2D eigenvalue weighted by Gasteiger charge is -2.19. The molecule has 0 bridgehead atoms. The number of rotatable bonds is 4. The van der Waals surface area contributed by atoms with Gasteiger partial charge in [0.25, 0.3) is 5.91 Å². The number of thiocarbonyl (C=S) groups is 1. The molecule has 1 saturated heterocycles. The number of hydrogen-bond donors (Lipinski definition) is 0. The van der Waals surface area contributed by atoms with E-state index < -0.39 is 6.67 Å². The highest BCUT2D eigenvalue weighted by Gasteiger charge is 2.40. The summed E-state index contributed by atoms with van der Waals surface area (Å²) in [6.45, 7) is -0.00475. The fraction of sp³-hybridized carbons (Fsp3) is 0.158. The minimum Gasteiger partial charge on any atom is -0.437 e. The van der Waals surface area contributed by atoms with Crippen LogP contribution in [0.5, 0.6) is 5.75 Å². The van der Waals surface area contributed by atoms with Gasteiger partial charge >= 0.3 is 0 Å². The number of ether oxygens (including phenoxy) is 1. The number of halogens is 1. The number of nitrogens with zero attached hydrogens (tertiary/aromatic N) is 2. The number of amides is 1. The molecule has 2 heterocycles. The molecule has 4 rings (SSSR count). The number of fused-ring (bicyclic) bond motifs is 1. The van der Waals surface area contributed by atoms with Crippen LogP contribution < -0.4 is 14.5 Å². The van der Waals surface area contributed by atoms with Crippen LogP contribution >= 0.6 is 24.0 Å². The van der Waals surface area contributed by atoms with Gasteiger partial charge in [0.15, 0.2) is 10.1 Å². The molecule has 0 saturated carbocycles. The first kappa shape index (κ1) is 17.1. The van der Waals surface area contributed by atoms with Gasteiger partial charge in [-0.2, -0.15) is 0 Å². The second-order valence-electron chi connectivity index (χ2n) is 5.74.